The van der Waals surface area contributed by atoms with Gasteiger partial charge in [-0.05, 0) is 45.1 Å². The van der Waals surface area contributed by atoms with Crippen LogP contribution in [0, 0.1) is 5.92 Å². The van der Waals surface area contributed by atoms with Crippen molar-refractivity contribution in [2.24, 2.45) is 5.92 Å². The highest BCUT2D eigenvalue weighted by Crippen LogP contribution is 2.48. The molecule has 3 atom stereocenters. The van der Waals surface area contributed by atoms with Crippen molar-refractivity contribution in [1.29, 1.82) is 0 Å². The van der Waals surface area contributed by atoms with Crippen LogP contribution in [-0.2, 0) is 11.6 Å². The molecule has 2 unspecified atom stereocenters. The van der Waals surface area contributed by atoms with Crippen LogP contribution in [0.2, 0.25) is 0 Å². The van der Waals surface area contributed by atoms with Crippen LogP contribution in [-0.4, -0.2) is 27.5 Å². The van der Waals surface area contributed by atoms with Crippen LogP contribution in [0.5, 0.6) is 5.88 Å². The molecule has 0 fully saturated rings. The second-order valence-corrected chi connectivity index (χ2v) is 8.00. The summed E-state index contributed by atoms with van der Waals surface area (Å²) in [4.78, 5) is 3.81. The van der Waals surface area contributed by atoms with Crippen molar-refractivity contribution in [2.75, 3.05) is 5.73 Å². The quantitative estimate of drug-likeness (QED) is 0.529. The van der Waals surface area contributed by atoms with E-state index in [2.05, 4.69) is 15.2 Å². The molecule has 31 heavy (non-hydrogen) atoms. The Morgan fingerprint density at radius 1 is 1.06 bits per heavy atom. The summed E-state index contributed by atoms with van der Waals surface area (Å²) in [5.74, 6) is -2.85. The smallest absolute Gasteiger partial charge is 0.421 e. The molecule has 0 saturated carbocycles. The molecule has 12 heteroatoms. The van der Waals surface area contributed by atoms with E-state index in [1.807, 2.05) is 0 Å². The van der Waals surface area contributed by atoms with Gasteiger partial charge in [-0.2, -0.15) is 26.3 Å². The predicted octanol–water partition coefficient (Wildman–Crippen LogP) is 5.53. The fraction of sp³-hybridized carbons (Fsp3) is 0.632. The number of aromatic nitrogens is 3. The van der Waals surface area contributed by atoms with Crippen LogP contribution in [0.3, 0.4) is 0 Å². The minimum atomic E-state index is -4.80. The van der Waals surface area contributed by atoms with E-state index in [4.69, 9.17) is 14.9 Å². The lowest BCUT2D eigenvalue weighted by Gasteiger charge is -2.34. The zero-order valence-electron chi connectivity index (χ0n) is 17.1. The van der Waals surface area contributed by atoms with Gasteiger partial charge in [-0.1, -0.05) is 13.3 Å². The summed E-state index contributed by atoms with van der Waals surface area (Å²) in [6.07, 6.45) is -8.76. The van der Waals surface area contributed by atoms with E-state index in [9.17, 15) is 26.3 Å². The summed E-state index contributed by atoms with van der Waals surface area (Å²) < 4.78 is 93.2. The number of fused-ring (bicyclic) bond motifs is 5. The number of pyridine rings is 1. The van der Waals surface area contributed by atoms with Crippen LogP contribution in [0.1, 0.15) is 57.9 Å². The lowest BCUT2D eigenvalue weighted by atomic mass is 9.74. The van der Waals surface area contributed by atoms with Crippen LogP contribution >= 0.6 is 0 Å². The van der Waals surface area contributed by atoms with Crippen LogP contribution < -0.4 is 10.5 Å². The third-order valence-electron chi connectivity index (χ3n) is 5.78. The maximum atomic E-state index is 14.0. The molecule has 172 valence electrons. The van der Waals surface area contributed by atoms with Gasteiger partial charge in [-0.25, -0.2) is 4.98 Å². The summed E-state index contributed by atoms with van der Waals surface area (Å²) in [7, 11) is 0. The van der Waals surface area contributed by atoms with E-state index >= 15 is 0 Å². The number of anilines is 1. The standard InChI is InChI=1S/C19H22F6N4O2/c1-9-6-4-5-7-10(2)30-14-11(18(20,21)22)8-12(26)13(27-14)15-28-29-16(31-15)17(9,3)19(23,24)25/h8-10H,4-7,26H2,1-3H3/t9?,10-,17?/m1/s1. The number of ether oxygens (including phenoxy) is 1. The minimum absolute atomic E-state index is 0.194. The third-order valence-corrected chi connectivity index (χ3v) is 5.78. The van der Waals surface area contributed by atoms with Gasteiger partial charge in [0.2, 0.25) is 11.8 Å². The molecular weight excluding hydrogens is 430 g/mol. The molecule has 0 aromatic carbocycles. The van der Waals surface area contributed by atoms with Crippen molar-refractivity contribution in [2.45, 2.75) is 70.3 Å². The predicted molar refractivity (Wildman–Crippen MR) is 98.1 cm³/mol. The topological polar surface area (TPSA) is 87.1 Å². The van der Waals surface area contributed by atoms with Gasteiger partial charge in [0.25, 0.3) is 5.89 Å². The Bertz CT molecular complexity index is 942. The maximum absolute atomic E-state index is 14.0. The SMILES string of the molecule is CC1CCCC[C@@H](C)Oc2nc(c(N)cc2C(F)(F)F)-c2nnc(o2)C1(C)C(F)(F)F. The first-order valence-electron chi connectivity index (χ1n) is 9.70. The van der Waals surface area contributed by atoms with Crippen molar-refractivity contribution in [3.8, 4) is 17.5 Å². The van der Waals surface area contributed by atoms with E-state index in [1.54, 1.807) is 6.92 Å². The van der Waals surface area contributed by atoms with Crippen molar-refractivity contribution >= 4 is 5.69 Å². The van der Waals surface area contributed by atoms with E-state index in [1.165, 1.54) is 6.92 Å². The Morgan fingerprint density at radius 3 is 2.32 bits per heavy atom. The second kappa shape index (κ2) is 7.86. The van der Waals surface area contributed by atoms with Gasteiger partial charge in [0, 0.05) is 0 Å². The van der Waals surface area contributed by atoms with Crippen molar-refractivity contribution in [3.63, 3.8) is 0 Å². The molecule has 0 aliphatic carbocycles. The lowest BCUT2D eigenvalue weighted by molar-refractivity contribution is -0.206. The number of hydrogen-bond acceptors (Lipinski definition) is 6. The fourth-order valence-corrected chi connectivity index (χ4v) is 3.54. The highest BCUT2D eigenvalue weighted by Gasteiger charge is 2.59. The minimum Gasteiger partial charge on any atom is -0.474 e. The molecule has 3 heterocycles. The normalized spacial score (nSPS) is 25.6. The molecule has 1 aliphatic rings. The number of rotatable bonds is 0. The van der Waals surface area contributed by atoms with E-state index in [0.717, 1.165) is 6.92 Å². The molecule has 3 rings (SSSR count). The number of hydrogen-bond donors (Lipinski definition) is 1. The Hall–Kier alpha value is -2.53. The van der Waals surface area contributed by atoms with E-state index in [-0.39, 0.29) is 12.1 Å². The first-order valence-corrected chi connectivity index (χ1v) is 9.70. The largest absolute Gasteiger partial charge is 0.474 e. The van der Waals surface area contributed by atoms with Gasteiger partial charge in [0.05, 0.1) is 11.8 Å². The Balaban J connectivity index is 2.21. The van der Waals surface area contributed by atoms with Crippen molar-refractivity contribution in [3.05, 3.63) is 17.5 Å². The van der Waals surface area contributed by atoms with Crippen molar-refractivity contribution < 1.29 is 35.5 Å². The van der Waals surface area contributed by atoms with Crippen LogP contribution in [0.4, 0.5) is 32.0 Å². The lowest BCUT2D eigenvalue weighted by Crippen LogP contribution is -2.45. The van der Waals surface area contributed by atoms with Gasteiger partial charge in [-0.3, -0.25) is 0 Å². The molecule has 1 aliphatic heterocycles. The molecule has 0 saturated heterocycles. The van der Waals surface area contributed by atoms with Gasteiger partial charge < -0.3 is 14.9 Å². The summed E-state index contributed by atoms with van der Waals surface area (Å²) in [5, 5.41) is 7.16. The molecule has 0 radical (unpaired) electrons. The summed E-state index contributed by atoms with van der Waals surface area (Å²) in [5.41, 5.74) is 1.22. The van der Waals surface area contributed by atoms with Crippen LogP contribution in [0.15, 0.2) is 10.5 Å². The second-order valence-electron chi connectivity index (χ2n) is 8.00. The molecule has 4 bridgehead atoms. The fourth-order valence-electron chi connectivity index (χ4n) is 3.54. The molecule has 0 spiro atoms. The average molecular weight is 452 g/mol. The Morgan fingerprint density at radius 2 is 1.71 bits per heavy atom. The molecule has 2 N–H and O–H groups in total. The van der Waals surface area contributed by atoms with Crippen molar-refractivity contribution in [1.82, 2.24) is 15.2 Å². The van der Waals surface area contributed by atoms with Crippen LogP contribution in [0.25, 0.3) is 11.6 Å². The Labute approximate surface area is 174 Å². The zero-order chi connectivity index (χ0) is 23.2. The highest BCUT2D eigenvalue weighted by molar-refractivity contribution is 5.68. The molecule has 6 nitrogen and oxygen atoms in total. The number of nitrogens with two attached hydrogens (primary N) is 1. The maximum Gasteiger partial charge on any atom is 0.421 e. The number of nitrogens with zero attached hydrogens (tertiary/aromatic N) is 3. The number of nitrogen functional groups attached to an aromatic ring is 1. The summed E-state index contributed by atoms with van der Waals surface area (Å²) >= 11 is 0. The number of alkyl halides is 6. The monoisotopic (exact) mass is 452 g/mol. The van der Waals surface area contributed by atoms with Gasteiger partial charge in [0.15, 0.2) is 5.69 Å². The molecule has 2 aromatic heterocycles. The van der Waals surface area contributed by atoms with E-state index in [0.29, 0.717) is 25.3 Å². The first-order chi connectivity index (χ1) is 14.2. The number of halogens is 6. The molecule has 0 amide bonds. The van der Waals surface area contributed by atoms with E-state index < -0.39 is 58.7 Å². The third kappa shape index (κ3) is 4.29. The Kier molecular flexibility index (Phi) is 5.87. The zero-order valence-corrected chi connectivity index (χ0v) is 17.1. The molecular formula is C19H22F6N4O2. The summed E-state index contributed by atoms with van der Waals surface area (Å²) in [6.45, 7) is 3.99. The molecule has 2 aromatic rings. The van der Waals surface area contributed by atoms with Gasteiger partial charge >= 0.3 is 12.4 Å². The average Bonchev–Trinajstić information content (AvgIpc) is 3.13. The van der Waals surface area contributed by atoms with Gasteiger partial charge in [0.1, 0.15) is 11.0 Å². The first kappa shape index (κ1) is 23.1. The van der Waals surface area contributed by atoms with Gasteiger partial charge in [-0.15, -0.1) is 10.2 Å². The summed E-state index contributed by atoms with van der Waals surface area (Å²) in [6, 6.07) is 0.603. The highest BCUT2D eigenvalue weighted by atomic mass is 19.4.